The zero-order chi connectivity index (χ0) is 23.2. The number of nitrogens with one attached hydrogen (secondary N) is 1. The molecule has 1 aliphatic rings. The zero-order valence-electron chi connectivity index (χ0n) is 19.2. The van der Waals surface area contributed by atoms with E-state index < -0.39 is 0 Å². The van der Waals surface area contributed by atoms with Crippen LogP contribution in [-0.2, 0) is 17.9 Å². The predicted octanol–water partition coefficient (Wildman–Crippen LogP) is 4.19. The zero-order valence-corrected chi connectivity index (χ0v) is 20.0. The molecule has 33 heavy (non-hydrogen) atoms. The molecule has 0 aliphatic carbocycles. The fourth-order valence-corrected chi connectivity index (χ4v) is 5.09. The van der Waals surface area contributed by atoms with Crippen molar-refractivity contribution in [1.82, 2.24) is 20.0 Å². The van der Waals surface area contributed by atoms with Gasteiger partial charge in [0.15, 0.2) is 0 Å². The van der Waals surface area contributed by atoms with Gasteiger partial charge in [0.05, 0.1) is 23.6 Å². The van der Waals surface area contributed by atoms with Gasteiger partial charge in [0, 0.05) is 35.8 Å². The van der Waals surface area contributed by atoms with Gasteiger partial charge in [-0.15, -0.1) is 11.8 Å². The van der Waals surface area contributed by atoms with E-state index in [-0.39, 0.29) is 11.8 Å². The van der Waals surface area contributed by atoms with Crippen molar-refractivity contribution in [3.63, 3.8) is 0 Å². The van der Waals surface area contributed by atoms with E-state index in [4.69, 9.17) is 0 Å². The van der Waals surface area contributed by atoms with Crippen LogP contribution in [0.25, 0.3) is 0 Å². The molecular formula is C26H30N4O2S. The minimum Gasteiger partial charge on any atom is -0.348 e. The summed E-state index contributed by atoms with van der Waals surface area (Å²) < 4.78 is 1.99. The second kappa shape index (κ2) is 10.7. The van der Waals surface area contributed by atoms with Crippen LogP contribution in [0.3, 0.4) is 0 Å². The number of carbonyl (C=O) groups is 2. The lowest BCUT2D eigenvalue weighted by Crippen LogP contribution is -2.29. The molecule has 4 rings (SSSR count). The molecule has 7 heteroatoms. The normalized spacial score (nSPS) is 13.3. The van der Waals surface area contributed by atoms with Crippen molar-refractivity contribution >= 4 is 23.6 Å². The molecule has 0 bridgehead atoms. The lowest BCUT2D eigenvalue weighted by molar-refractivity contribution is -0.127. The molecular weight excluding hydrogens is 432 g/mol. The standard InChI is InChI=1S/C26H30N4O2S/c1-19-23(20(2)30(28-19)17-21-10-4-3-5-11-21)16-27-26(32)22-12-6-7-13-24(22)33-18-25(31)29-14-8-9-15-29/h3-7,10-13H,8-9,14-18H2,1-2H3,(H,27,32). The Morgan fingerprint density at radius 2 is 1.70 bits per heavy atom. The summed E-state index contributed by atoms with van der Waals surface area (Å²) in [6.07, 6.45) is 2.16. The second-order valence-electron chi connectivity index (χ2n) is 8.35. The molecule has 1 N–H and O–H groups in total. The molecule has 1 aromatic heterocycles. The number of likely N-dealkylation sites (tertiary alicyclic amines) is 1. The predicted molar refractivity (Wildman–Crippen MR) is 131 cm³/mol. The monoisotopic (exact) mass is 462 g/mol. The third kappa shape index (κ3) is 5.66. The van der Waals surface area contributed by atoms with Crippen molar-refractivity contribution in [3.8, 4) is 0 Å². The highest BCUT2D eigenvalue weighted by molar-refractivity contribution is 8.00. The van der Waals surface area contributed by atoms with Gasteiger partial charge in [-0.1, -0.05) is 42.5 Å². The minimum atomic E-state index is -0.138. The summed E-state index contributed by atoms with van der Waals surface area (Å²) in [6.45, 7) is 6.82. The number of thioether (sulfide) groups is 1. The van der Waals surface area contributed by atoms with Crippen molar-refractivity contribution in [2.75, 3.05) is 18.8 Å². The summed E-state index contributed by atoms with van der Waals surface area (Å²) in [4.78, 5) is 28.2. The fourth-order valence-electron chi connectivity index (χ4n) is 4.14. The van der Waals surface area contributed by atoms with E-state index in [0.717, 1.165) is 47.8 Å². The van der Waals surface area contributed by atoms with Crippen molar-refractivity contribution < 1.29 is 9.59 Å². The van der Waals surface area contributed by atoms with Crippen LogP contribution in [0.5, 0.6) is 0 Å². The van der Waals surface area contributed by atoms with Gasteiger partial charge in [-0.05, 0) is 44.4 Å². The molecule has 2 heterocycles. The highest BCUT2D eigenvalue weighted by atomic mass is 32.2. The molecule has 0 radical (unpaired) electrons. The number of nitrogens with zero attached hydrogens (tertiary/aromatic N) is 3. The smallest absolute Gasteiger partial charge is 0.252 e. The third-order valence-corrected chi connectivity index (χ3v) is 7.13. The first-order valence-electron chi connectivity index (χ1n) is 11.4. The summed E-state index contributed by atoms with van der Waals surface area (Å²) in [5.74, 6) is 0.362. The van der Waals surface area contributed by atoms with Gasteiger partial charge >= 0.3 is 0 Å². The van der Waals surface area contributed by atoms with Crippen molar-refractivity contribution in [3.05, 3.63) is 82.7 Å². The Bertz CT molecular complexity index is 1120. The first-order chi connectivity index (χ1) is 16.0. The van der Waals surface area contributed by atoms with Gasteiger partial charge in [-0.25, -0.2) is 0 Å². The molecule has 1 fully saturated rings. The number of amides is 2. The fraction of sp³-hybridized carbons (Fsp3) is 0.346. The topological polar surface area (TPSA) is 67.2 Å². The van der Waals surface area contributed by atoms with Gasteiger partial charge in [-0.2, -0.15) is 5.10 Å². The molecule has 0 saturated carbocycles. The van der Waals surface area contributed by atoms with E-state index >= 15 is 0 Å². The molecule has 2 amide bonds. The average molecular weight is 463 g/mol. The Kier molecular flexibility index (Phi) is 7.50. The molecule has 3 aromatic rings. The highest BCUT2D eigenvalue weighted by Crippen LogP contribution is 2.24. The summed E-state index contributed by atoms with van der Waals surface area (Å²) in [6, 6.07) is 17.7. The van der Waals surface area contributed by atoms with E-state index in [1.165, 1.54) is 17.3 Å². The molecule has 1 aliphatic heterocycles. The minimum absolute atomic E-state index is 0.138. The number of aryl methyl sites for hydroxylation is 1. The molecule has 2 aromatic carbocycles. The number of carbonyl (C=O) groups excluding carboxylic acids is 2. The van der Waals surface area contributed by atoms with Crippen molar-refractivity contribution in [2.24, 2.45) is 0 Å². The van der Waals surface area contributed by atoms with Crippen LogP contribution in [-0.4, -0.2) is 45.3 Å². The maximum atomic E-state index is 13.0. The third-order valence-electron chi connectivity index (χ3n) is 6.07. The summed E-state index contributed by atoms with van der Waals surface area (Å²) in [5.41, 5.74) is 4.79. The molecule has 172 valence electrons. The summed E-state index contributed by atoms with van der Waals surface area (Å²) in [7, 11) is 0. The van der Waals surface area contributed by atoms with Crippen LogP contribution in [0.4, 0.5) is 0 Å². The van der Waals surface area contributed by atoms with Crippen molar-refractivity contribution in [1.29, 1.82) is 0 Å². The van der Waals surface area contributed by atoms with Gasteiger partial charge < -0.3 is 10.2 Å². The second-order valence-corrected chi connectivity index (χ2v) is 9.37. The Labute approximate surface area is 199 Å². The van der Waals surface area contributed by atoms with Crippen LogP contribution < -0.4 is 5.32 Å². The van der Waals surface area contributed by atoms with Crippen LogP contribution in [0.15, 0.2) is 59.5 Å². The van der Waals surface area contributed by atoms with Gasteiger partial charge in [-0.3, -0.25) is 14.3 Å². The molecule has 6 nitrogen and oxygen atoms in total. The van der Waals surface area contributed by atoms with E-state index in [0.29, 0.717) is 24.4 Å². The first kappa shape index (κ1) is 23.1. The number of rotatable bonds is 8. The Morgan fingerprint density at radius 1 is 1.00 bits per heavy atom. The molecule has 0 unspecified atom stereocenters. The van der Waals surface area contributed by atoms with Gasteiger partial charge in [0.25, 0.3) is 5.91 Å². The number of benzene rings is 2. The number of hydrogen-bond donors (Lipinski definition) is 1. The average Bonchev–Trinajstić information content (AvgIpc) is 3.46. The maximum absolute atomic E-state index is 13.0. The van der Waals surface area contributed by atoms with Crippen LogP contribution in [0.1, 0.15) is 45.7 Å². The Morgan fingerprint density at radius 3 is 2.45 bits per heavy atom. The summed E-state index contributed by atoms with van der Waals surface area (Å²) >= 11 is 1.44. The van der Waals surface area contributed by atoms with Crippen LogP contribution >= 0.6 is 11.8 Å². The van der Waals surface area contributed by atoms with Crippen LogP contribution in [0.2, 0.25) is 0 Å². The van der Waals surface area contributed by atoms with E-state index in [1.54, 1.807) is 0 Å². The van der Waals surface area contributed by atoms with E-state index in [1.807, 2.05) is 65.9 Å². The summed E-state index contributed by atoms with van der Waals surface area (Å²) in [5, 5.41) is 7.74. The molecule has 0 atom stereocenters. The SMILES string of the molecule is Cc1nn(Cc2ccccc2)c(C)c1CNC(=O)c1ccccc1SCC(=O)N1CCCC1. The van der Waals surface area contributed by atoms with Crippen LogP contribution in [0, 0.1) is 13.8 Å². The van der Waals surface area contributed by atoms with Crippen molar-refractivity contribution in [2.45, 2.75) is 44.7 Å². The maximum Gasteiger partial charge on any atom is 0.252 e. The van der Waals surface area contributed by atoms with Gasteiger partial charge in [0.2, 0.25) is 5.91 Å². The molecule has 0 spiro atoms. The molecule has 1 saturated heterocycles. The largest absolute Gasteiger partial charge is 0.348 e. The number of aromatic nitrogens is 2. The number of hydrogen-bond acceptors (Lipinski definition) is 4. The van der Waals surface area contributed by atoms with E-state index in [9.17, 15) is 9.59 Å². The first-order valence-corrected chi connectivity index (χ1v) is 12.4. The highest BCUT2D eigenvalue weighted by Gasteiger charge is 2.20. The quantitative estimate of drug-likeness (QED) is 0.510. The lowest BCUT2D eigenvalue weighted by atomic mass is 10.1. The lowest BCUT2D eigenvalue weighted by Gasteiger charge is -2.15. The Balaban J connectivity index is 1.39. The Hall–Kier alpha value is -3.06. The van der Waals surface area contributed by atoms with Gasteiger partial charge in [0.1, 0.15) is 0 Å². The van der Waals surface area contributed by atoms with E-state index in [2.05, 4.69) is 22.5 Å².